The third-order valence-electron chi connectivity index (χ3n) is 4.40. The summed E-state index contributed by atoms with van der Waals surface area (Å²) in [7, 11) is 1.33. The van der Waals surface area contributed by atoms with E-state index in [1.165, 1.54) is 25.4 Å². The lowest BCUT2D eigenvalue weighted by molar-refractivity contribution is 0.102. The zero-order valence-corrected chi connectivity index (χ0v) is 16.5. The van der Waals surface area contributed by atoms with E-state index in [0.29, 0.717) is 5.56 Å². The Morgan fingerprint density at radius 3 is 2.67 bits per heavy atom. The van der Waals surface area contributed by atoms with Crippen molar-refractivity contribution in [2.45, 2.75) is 13.5 Å². The molecule has 0 aliphatic heterocycles. The summed E-state index contributed by atoms with van der Waals surface area (Å²) in [6, 6.07) is 13.9. The molecule has 4 N–H and O–H groups in total. The molecule has 0 aliphatic rings. The van der Waals surface area contributed by atoms with Crippen LogP contribution in [0.15, 0.2) is 54.7 Å². The van der Waals surface area contributed by atoms with Crippen LogP contribution in [0.5, 0.6) is 5.75 Å². The Morgan fingerprint density at radius 2 is 1.97 bits per heavy atom. The van der Waals surface area contributed by atoms with Crippen LogP contribution in [0.1, 0.15) is 27.0 Å². The quantitative estimate of drug-likeness (QED) is 0.423. The number of carbonyl (C=O) groups excluding carboxylic acids is 1. The van der Waals surface area contributed by atoms with Crippen LogP contribution >= 0.6 is 0 Å². The lowest BCUT2D eigenvalue weighted by atomic mass is 10.1. The number of rotatable bonds is 6. The molecule has 154 valence electrons. The number of amides is 1. The van der Waals surface area contributed by atoms with Gasteiger partial charge < -0.3 is 20.5 Å². The normalized spacial score (nSPS) is 10.4. The third kappa shape index (κ3) is 4.54. The van der Waals surface area contributed by atoms with Gasteiger partial charge in [0, 0.05) is 0 Å². The number of nitrogens with two attached hydrogens (primary N) is 1. The van der Waals surface area contributed by atoms with E-state index in [9.17, 15) is 4.79 Å². The Labute approximate surface area is 173 Å². The molecule has 0 fully saturated rings. The van der Waals surface area contributed by atoms with Gasteiger partial charge in [0.05, 0.1) is 30.1 Å². The van der Waals surface area contributed by atoms with Crippen LogP contribution in [-0.4, -0.2) is 23.9 Å². The van der Waals surface area contributed by atoms with Gasteiger partial charge >= 0.3 is 0 Å². The summed E-state index contributed by atoms with van der Waals surface area (Å²) < 4.78 is 25.5. The maximum atomic E-state index is 15.0. The number of nitrogen functional groups attached to an aromatic ring is 1. The second-order valence-corrected chi connectivity index (χ2v) is 6.49. The van der Waals surface area contributed by atoms with E-state index >= 15 is 4.39 Å². The van der Waals surface area contributed by atoms with E-state index in [1.54, 1.807) is 13.0 Å². The molecule has 0 bridgehead atoms. The van der Waals surface area contributed by atoms with Crippen LogP contribution < -0.4 is 15.8 Å². The first-order valence-corrected chi connectivity index (χ1v) is 9.06. The maximum Gasteiger partial charge on any atom is 0.259 e. The molecule has 0 atom stereocenters. The molecule has 0 spiro atoms. The van der Waals surface area contributed by atoms with Crippen LogP contribution in [0.2, 0.25) is 0 Å². The van der Waals surface area contributed by atoms with Gasteiger partial charge in [0.15, 0.2) is 11.6 Å². The first-order chi connectivity index (χ1) is 14.4. The molecule has 3 rings (SSSR count). The van der Waals surface area contributed by atoms with Crippen molar-refractivity contribution in [2.75, 3.05) is 18.2 Å². The van der Waals surface area contributed by atoms with Gasteiger partial charge in [0.2, 0.25) is 5.90 Å². The zero-order valence-electron chi connectivity index (χ0n) is 16.5. The number of aryl methyl sites for hydroxylation is 1. The minimum atomic E-state index is -0.753. The minimum Gasteiger partial charge on any atom is -0.486 e. The molecule has 0 unspecified atom stereocenters. The average molecular weight is 408 g/mol. The number of methoxy groups -OCH3 is 1. The van der Waals surface area contributed by atoms with Gasteiger partial charge in [0.1, 0.15) is 12.4 Å². The number of carbonyl (C=O) groups is 1. The fraction of sp³-hybridized carbons (Fsp3) is 0.136. The lowest BCUT2D eigenvalue weighted by Crippen LogP contribution is -2.17. The highest BCUT2D eigenvalue weighted by Crippen LogP contribution is 2.26. The van der Waals surface area contributed by atoms with Gasteiger partial charge in [-0.15, -0.1) is 0 Å². The van der Waals surface area contributed by atoms with Crippen LogP contribution in [0, 0.1) is 18.2 Å². The standard InChI is InChI=1S/C22H21FN4O3/c1-13-8-9-17(30-12-14-6-4-3-5-7-14)19(23)18(13)22(28)27-15-10-16(21(25)29-2)20(24)26-11-15/h3-11,25H,12H2,1-2H3,(H2,24,26)(H,27,28). The van der Waals surface area contributed by atoms with Gasteiger partial charge in [-0.05, 0) is 30.2 Å². The number of nitrogens with zero attached hydrogens (tertiary/aromatic N) is 1. The molecule has 0 saturated carbocycles. The molecule has 30 heavy (non-hydrogen) atoms. The van der Waals surface area contributed by atoms with Crippen molar-refractivity contribution in [1.29, 1.82) is 5.41 Å². The Morgan fingerprint density at radius 1 is 1.23 bits per heavy atom. The summed E-state index contributed by atoms with van der Waals surface area (Å²) in [6.07, 6.45) is 1.32. The molecular formula is C22H21FN4O3. The highest BCUT2D eigenvalue weighted by Gasteiger charge is 2.20. The van der Waals surface area contributed by atoms with E-state index < -0.39 is 11.7 Å². The summed E-state index contributed by atoms with van der Waals surface area (Å²) in [5.74, 6) is -1.56. The number of ether oxygens (including phenoxy) is 2. The third-order valence-corrected chi connectivity index (χ3v) is 4.40. The first kappa shape index (κ1) is 20.8. The number of aromatic nitrogens is 1. The van der Waals surface area contributed by atoms with Crippen molar-refractivity contribution < 1.29 is 18.7 Å². The molecule has 1 heterocycles. The Bertz CT molecular complexity index is 1090. The summed E-state index contributed by atoms with van der Waals surface area (Å²) in [5.41, 5.74) is 7.39. The minimum absolute atomic E-state index is 0.0214. The van der Waals surface area contributed by atoms with Crippen molar-refractivity contribution in [3.63, 3.8) is 0 Å². The van der Waals surface area contributed by atoms with E-state index in [1.807, 2.05) is 30.3 Å². The smallest absolute Gasteiger partial charge is 0.259 e. The van der Waals surface area contributed by atoms with E-state index in [0.717, 1.165) is 5.56 Å². The monoisotopic (exact) mass is 408 g/mol. The number of hydrogen-bond acceptors (Lipinski definition) is 6. The highest BCUT2D eigenvalue weighted by molar-refractivity contribution is 6.06. The SMILES string of the molecule is COC(=N)c1cc(NC(=O)c2c(C)ccc(OCc3ccccc3)c2F)cnc1N. The van der Waals surface area contributed by atoms with Gasteiger partial charge in [0.25, 0.3) is 5.91 Å². The summed E-state index contributed by atoms with van der Waals surface area (Å²) >= 11 is 0. The predicted molar refractivity (Wildman–Crippen MR) is 112 cm³/mol. The van der Waals surface area contributed by atoms with E-state index in [2.05, 4.69) is 10.3 Å². The number of nitrogens with one attached hydrogen (secondary N) is 2. The Balaban J connectivity index is 1.83. The van der Waals surface area contributed by atoms with Crippen molar-refractivity contribution in [3.8, 4) is 5.75 Å². The molecule has 1 amide bonds. The highest BCUT2D eigenvalue weighted by atomic mass is 19.1. The topological polar surface area (TPSA) is 110 Å². The van der Waals surface area contributed by atoms with Crippen LogP contribution in [0.25, 0.3) is 0 Å². The number of benzene rings is 2. The van der Waals surface area contributed by atoms with Gasteiger partial charge in [-0.2, -0.15) is 0 Å². The number of anilines is 2. The summed E-state index contributed by atoms with van der Waals surface area (Å²) in [5, 5.41) is 10.3. The largest absolute Gasteiger partial charge is 0.486 e. The zero-order chi connectivity index (χ0) is 21.7. The van der Waals surface area contributed by atoms with Gasteiger partial charge in [-0.3, -0.25) is 10.2 Å². The van der Waals surface area contributed by atoms with E-state index in [-0.39, 0.29) is 40.9 Å². The molecular weight excluding hydrogens is 387 g/mol. The molecule has 8 heteroatoms. The Kier molecular flexibility index (Phi) is 6.26. The van der Waals surface area contributed by atoms with Crippen molar-refractivity contribution in [2.24, 2.45) is 0 Å². The predicted octanol–water partition coefficient (Wildman–Crippen LogP) is 3.91. The molecule has 7 nitrogen and oxygen atoms in total. The van der Waals surface area contributed by atoms with Gasteiger partial charge in [-0.1, -0.05) is 36.4 Å². The van der Waals surface area contributed by atoms with E-state index in [4.69, 9.17) is 20.6 Å². The number of hydrogen-bond donors (Lipinski definition) is 3. The Hall–Kier alpha value is -3.94. The van der Waals surface area contributed by atoms with Crippen molar-refractivity contribution >= 4 is 23.3 Å². The number of pyridine rings is 1. The molecule has 2 aromatic carbocycles. The van der Waals surface area contributed by atoms with Crippen molar-refractivity contribution in [1.82, 2.24) is 4.98 Å². The summed E-state index contributed by atoms with van der Waals surface area (Å²) in [6.45, 7) is 1.80. The summed E-state index contributed by atoms with van der Waals surface area (Å²) in [4.78, 5) is 16.7. The van der Waals surface area contributed by atoms with Crippen molar-refractivity contribution in [3.05, 3.63) is 82.8 Å². The number of halogens is 1. The van der Waals surface area contributed by atoms with Crippen LogP contribution in [0.4, 0.5) is 15.9 Å². The van der Waals surface area contributed by atoms with Gasteiger partial charge in [-0.25, -0.2) is 9.37 Å². The maximum absolute atomic E-state index is 15.0. The molecule has 0 radical (unpaired) electrons. The van der Waals surface area contributed by atoms with Crippen LogP contribution in [-0.2, 0) is 11.3 Å². The fourth-order valence-corrected chi connectivity index (χ4v) is 2.81. The molecule has 3 aromatic rings. The van der Waals surface area contributed by atoms with Crippen LogP contribution in [0.3, 0.4) is 0 Å². The fourth-order valence-electron chi connectivity index (χ4n) is 2.81. The molecule has 1 aromatic heterocycles. The molecule has 0 aliphatic carbocycles. The molecule has 0 saturated heterocycles. The second kappa shape index (κ2) is 9.04. The lowest BCUT2D eigenvalue weighted by Gasteiger charge is -2.14. The first-order valence-electron chi connectivity index (χ1n) is 9.06. The second-order valence-electron chi connectivity index (χ2n) is 6.49. The average Bonchev–Trinajstić information content (AvgIpc) is 2.74.